The van der Waals surface area contributed by atoms with Gasteiger partial charge < -0.3 is 14.8 Å². The Balaban J connectivity index is 1.99. The fraction of sp³-hybridized carbons (Fsp3) is 0.409. The van der Waals surface area contributed by atoms with Crippen LogP contribution in [-0.2, 0) is 11.8 Å². The monoisotopic (exact) mass is 424 g/mol. The van der Waals surface area contributed by atoms with Crippen molar-refractivity contribution in [2.24, 2.45) is 0 Å². The molecule has 0 aliphatic carbocycles. The number of pyridine rings is 1. The van der Waals surface area contributed by atoms with Crippen LogP contribution in [0.15, 0.2) is 36.5 Å². The predicted octanol–water partition coefficient (Wildman–Crippen LogP) is 5.22. The van der Waals surface area contributed by atoms with Crippen LogP contribution in [0.3, 0.4) is 0 Å². The number of ether oxygens (including phenoxy) is 1. The second-order valence-corrected chi connectivity index (χ2v) is 8.32. The number of fused-ring (bicyclic) bond motifs is 1. The summed E-state index contributed by atoms with van der Waals surface area (Å²) in [6.07, 6.45) is -4.70. The van der Waals surface area contributed by atoms with E-state index in [0.29, 0.717) is 10.9 Å². The number of aromatic nitrogens is 2. The van der Waals surface area contributed by atoms with Crippen LogP contribution >= 0.6 is 0 Å². The smallest absolute Gasteiger partial charge is 0.417 e. The first-order chi connectivity index (χ1) is 13.8. The zero-order valence-corrected chi connectivity index (χ0v) is 17.2. The molecule has 8 heteroatoms. The van der Waals surface area contributed by atoms with Crippen molar-refractivity contribution in [2.45, 2.75) is 50.8 Å². The molecule has 0 fully saturated rings. The van der Waals surface area contributed by atoms with E-state index in [1.807, 2.05) is 0 Å². The molecule has 0 spiro atoms. The average molecular weight is 424 g/mol. The number of hydrogen-bond acceptors (Lipinski definition) is 3. The number of aromatic amines is 1. The van der Waals surface area contributed by atoms with Gasteiger partial charge in [0.2, 0.25) is 0 Å². The maximum absolute atomic E-state index is 14.0. The van der Waals surface area contributed by atoms with Gasteiger partial charge in [-0.15, -0.1) is 0 Å². The molecular formula is C22H24F4N2O2. The molecule has 3 aromatic rings. The normalized spacial score (nSPS) is 14.7. The minimum absolute atomic E-state index is 0.235. The highest BCUT2D eigenvalue weighted by Crippen LogP contribution is 2.45. The third kappa shape index (κ3) is 4.28. The van der Waals surface area contributed by atoms with E-state index in [9.17, 15) is 22.7 Å². The molecule has 30 heavy (non-hydrogen) atoms. The first-order valence-corrected chi connectivity index (χ1v) is 9.42. The van der Waals surface area contributed by atoms with Crippen molar-refractivity contribution in [3.63, 3.8) is 0 Å². The molecule has 0 bridgehead atoms. The van der Waals surface area contributed by atoms with Gasteiger partial charge in [-0.25, -0.2) is 4.39 Å². The van der Waals surface area contributed by atoms with Gasteiger partial charge >= 0.3 is 6.18 Å². The van der Waals surface area contributed by atoms with E-state index in [1.54, 1.807) is 25.3 Å². The molecule has 2 aromatic heterocycles. The van der Waals surface area contributed by atoms with Crippen molar-refractivity contribution >= 4 is 10.9 Å². The Kier molecular flexibility index (Phi) is 5.58. The third-order valence-corrected chi connectivity index (χ3v) is 5.33. The van der Waals surface area contributed by atoms with Crippen LogP contribution in [0.1, 0.15) is 37.2 Å². The van der Waals surface area contributed by atoms with Crippen LogP contribution in [0.25, 0.3) is 10.9 Å². The topological polar surface area (TPSA) is 58.1 Å². The van der Waals surface area contributed by atoms with Crippen molar-refractivity contribution in [1.82, 2.24) is 9.97 Å². The summed E-state index contributed by atoms with van der Waals surface area (Å²) in [5.41, 5.74) is -2.42. The van der Waals surface area contributed by atoms with Crippen molar-refractivity contribution in [3.05, 3.63) is 59.3 Å². The largest absolute Gasteiger partial charge is 0.496 e. The van der Waals surface area contributed by atoms with E-state index in [4.69, 9.17) is 4.74 Å². The molecule has 3 rings (SSSR count). The van der Waals surface area contributed by atoms with Crippen molar-refractivity contribution in [1.29, 1.82) is 0 Å². The third-order valence-electron chi connectivity index (χ3n) is 5.33. The van der Waals surface area contributed by atoms with E-state index >= 15 is 0 Å². The van der Waals surface area contributed by atoms with Gasteiger partial charge in [0.25, 0.3) is 0 Å². The molecule has 1 aromatic carbocycles. The molecule has 4 nitrogen and oxygen atoms in total. The quantitative estimate of drug-likeness (QED) is 0.533. The molecule has 0 saturated carbocycles. The molecule has 2 heterocycles. The Labute approximate surface area is 171 Å². The lowest BCUT2D eigenvalue weighted by Crippen LogP contribution is -2.51. The van der Waals surface area contributed by atoms with Crippen molar-refractivity contribution in [2.75, 3.05) is 7.11 Å². The van der Waals surface area contributed by atoms with Gasteiger partial charge in [-0.2, -0.15) is 13.2 Å². The van der Waals surface area contributed by atoms with E-state index in [0.717, 1.165) is 11.8 Å². The first kappa shape index (κ1) is 22.1. The molecule has 0 saturated heterocycles. The number of nitrogens with zero attached hydrogens (tertiary/aromatic N) is 1. The maximum Gasteiger partial charge on any atom is 0.417 e. The number of methoxy groups -OCH3 is 1. The van der Waals surface area contributed by atoms with Gasteiger partial charge in [0.05, 0.1) is 7.11 Å². The van der Waals surface area contributed by atoms with Gasteiger partial charge in [0, 0.05) is 40.5 Å². The zero-order valence-electron chi connectivity index (χ0n) is 17.2. The van der Waals surface area contributed by atoms with Gasteiger partial charge in [-0.05, 0) is 49.1 Å². The van der Waals surface area contributed by atoms with Gasteiger partial charge in [-0.3, -0.25) is 4.98 Å². The van der Waals surface area contributed by atoms with Crippen LogP contribution < -0.4 is 4.74 Å². The number of nitrogens with one attached hydrogen (secondary N) is 1. The molecule has 1 atom stereocenters. The van der Waals surface area contributed by atoms with Crippen LogP contribution in [0, 0.1) is 12.7 Å². The summed E-state index contributed by atoms with van der Waals surface area (Å²) >= 11 is 0. The van der Waals surface area contributed by atoms with Gasteiger partial charge in [-0.1, -0.05) is 13.8 Å². The number of aryl methyl sites for hydroxylation is 1. The first-order valence-electron chi connectivity index (χ1n) is 9.42. The summed E-state index contributed by atoms with van der Waals surface area (Å²) < 4.78 is 61.1. The average Bonchev–Trinajstić information content (AvgIpc) is 3.01. The Hall–Kier alpha value is -2.61. The number of hydrogen-bond donors (Lipinski definition) is 2. The van der Waals surface area contributed by atoms with E-state index in [1.165, 1.54) is 33.1 Å². The number of rotatable bonds is 6. The highest BCUT2D eigenvalue weighted by Gasteiger charge is 2.56. The molecule has 2 N–H and O–H groups in total. The Morgan fingerprint density at radius 3 is 2.47 bits per heavy atom. The molecule has 0 aliphatic heterocycles. The lowest BCUT2D eigenvalue weighted by Gasteiger charge is -2.38. The molecular weight excluding hydrogens is 400 g/mol. The summed E-state index contributed by atoms with van der Waals surface area (Å²) in [5.74, 6) is -0.328. The summed E-state index contributed by atoms with van der Waals surface area (Å²) in [6, 6.07) is 6.97. The molecule has 0 aliphatic rings. The Bertz CT molecular complexity index is 1060. The number of halogens is 4. The number of H-pyrrole nitrogens is 1. The number of aliphatic hydroxyl groups is 1. The fourth-order valence-electron chi connectivity index (χ4n) is 3.90. The van der Waals surface area contributed by atoms with E-state index in [-0.39, 0.29) is 17.0 Å². The van der Waals surface area contributed by atoms with Crippen molar-refractivity contribution < 1.29 is 27.4 Å². The highest BCUT2D eigenvalue weighted by molar-refractivity contribution is 5.79. The Morgan fingerprint density at radius 2 is 1.83 bits per heavy atom. The van der Waals surface area contributed by atoms with Crippen LogP contribution in [0.2, 0.25) is 0 Å². The highest BCUT2D eigenvalue weighted by atomic mass is 19.4. The maximum atomic E-state index is 14.0. The standard InChI is InChI=1S/C22H24F4N2O2/c1-13-7-18-14(11-27-13)8-16(28-18)10-21(29,22(24,25)26)12-20(2,3)17-9-15(23)5-6-19(17)30-4/h5-9,11,28-29H,10,12H2,1-4H3. The van der Waals surface area contributed by atoms with Crippen LogP contribution in [0.5, 0.6) is 5.75 Å². The predicted molar refractivity (Wildman–Crippen MR) is 106 cm³/mol. The summed E-state index contributed by atoms with van der Waals surface area (Å²) in [4.78, 5) is 7.07. The Morgan fingerprint density at radius 1 is 1.13 bits per heavy atom. The molecule has 0 amide bonds. The van der Waals surface area contributed by atoms with Crippen molar-refractivity contribution in [3.8, 4) is 5.75 Å². The molecule has 162 valence electrons. The molecule has 0 radical (unpaired) electrons. The second-order valence-electron chi connectivity index (χ2n) is 8.32. The second kappa shape index (κ2) is 7.58. The van der Waals surface area contributed by atoms with E-state index < -0.39 is 35.9 Å². The van der Waals surface area contributed by atoms with Crippen LogP contribution in [0.4, 0.5) is 17.6 Å². The molecule has 1 unspecified atom stereocenters. The summed E-state index contributed by atoms with van der Waals surface area (Å²) in [6.45, 7) is 4.83. The van der Waals surface area contributed by atoms with Crippen LogP contribution in [-0.4, -0.2) is 34.0 Å². The summed E-state index contributed by atoms with van der Waals surface area (Å²) in [5, 5.41) is 11.5. The lowest BCUT2D eigenvalue weighted by molar-refractivity contribution is -0.266. The minimum Gasteiger partial charge on any atom is -0.496 e. The zero-order chi connectivity index (χ0) is 22.3. The number of benzene rings is 1. The lowest BCUT2D eigenvalue weighted by atomic mass is 9.73. The van der Waals surface area contributed by atoms with E-state index in [2.05, 4.69) is 9.97 Å². The number of alkyl halides is 3. The minimum atomic E-state index is -4.91. The van der Waals surface area contributed by atoms with Gasteiger partial charge in [0.15, 0.2) is 5.60 Å². The summed E-state index contributed by atoms with van der Waals surface area (Å²) in [7, 11) is 1.36. The van der Waals surface area contributed by atoms with Gasteiger partial charge in [0.1, 0.15) is 11.6 Å². The SMILES string of the molecule is COc1ccc(F)cc1C(C)(C)CC(O)(Cc1cc2cnc(C)cc2[nH]1)C(F)(F)F. The fourth-order valence-corrected chi connectivity index (χ4v) is 3.90.